The van der Waals surface area contributed by atoms with E-state index in [1.807, 2.05) is 0 Å². The molecular weight excluding hydrogens is 295 g/mol. The first-order chi connectivity index (χ1) is 9.91. The molecule has 7 heteroatoms. The third-order valence-corrected chi connectivity index (χ3v) is 5.88. The summed E-state index contributed by atoms with van der Waals surface area (Å²) in [4.78, 5) is -0.310. The molecule has 0 spiro atoms. The van der Waals surface area contributed by atoms with Crippen LogP contribution in [0, 0.1) is 23.1 Å². The molecule has 2 atom stereocenters. The lowest BCUT2D eigenvalue weighted by Crippen LogP contribution is -2.46. The Bertz CT molecular complexity index is 669. The maximum atomic E-state index is 13.6. The van der Waals surface area contributed by atoms with Gasteiger partial charge in [-0.3, -0.25) is 0 Å². The van der Waals surface area contributed by atoms with E-state index in [1.165, 1.54) is 16.4 Å². The zero-order valence-corrected chi connectivity index (χ0v) is 12.5. The lowest BCUT2D eigenvalue weighted by Gasteiger charge is -2.36. The summed E-state index contributed by atoms with van der Waals surface area (Å²) in [5.41, 5.74) is -0.462. The summed E-state index contributed by atoms with van der Waals surface area (Å²) < 4.78 is 40.3. The number of nitriles is 1. The van der Waals surface area contributed by atoms with Gasteiger partial charge in [0.1, 0.15) is 22.3 Å². The van der Waals surface area contributed by atoms with Crippen molar-refractivity contribution < 1.29 is 17.9 Å². The first-order valence-corrected chi connectivity index (χ1v) is 8.17. The SMILES string of the molecule is CC1CCC(CO)CN1S(=O)(=O)c1cccc(F)c1C#N. The van der Waals surface area contributed by atoms with Crippen LogP contribution in [-0.4, -0.2) is 37.0 Å². The van der Waals surface area contributed by atoms with Crippen molar-refractivity contribution in [2.45, 2.75) is 30.7 Å². The van der Waals surface area contributed by atoms with Gasteiger partial charge in [-0.25, -0.2) is 12.8 Å². The second-order valence-corrected chi connectivity index (χ2v) is 7.13. The van der Waals surface area contributed by atoms with E-state index in [4.69, 9.17) is 5.26 Å². The van der Waals surface area contributed by atoms with Crippen LogP contribution in [0.2, 0.25) is 0 Å². The number of piperidine rings is 1. The maximum absolute atomic E-state index is 13.6. The molecule has 1 aliphatic rings. The molecule has 1 fully saturated rings. The van der Waals surface area contributed by atoms with E-state index in [0.29, 0.717) is 6.42 Å². The van der Waals surface area contributed by atoms with Gasteiger partial charge < -0.3 is 5.11 Å². The average Bonchev–Trinajstić information content (AvgIpc) is 2.47. The van der Waals surface area contributed by atoms with Gasteiger partial charge in [-0.1, -0.05) is 6.07 Å². The number of hydrogen-bond donors (Lipinski definition) is 1. The summed E-state index contributed by atoms with van der Waals surface area (Å²) in [6, 6.07) is 4.96. The molecule has 1 saturated heterocycles. The van der Waals surface area contributed by atoms with Crippen LogP contribution < -0.4 is 0 Å². The Balaban J connectivity index is 2.47. The van der Waals surface area contributed by atoms with Crippen molar-refractivity contribution in [1.29, 1.82) is 5.26 Å². The molecule has 0 amide bonds. The Morgan fingerprint density at radius 1 is 1.48 bits per heavy atom. The molecule has 1 aromatic rings. The summed E-state index contributed by atoms with van der Waals surface area (Å²) >= 11 is 0. The molecule has 1 aromatic carbocycles. The molecule has 21 heavy (non-hydrogen) atoms. The zero-order valence-electron chi connectivity index (χ0n) is 11.7. The first kappa shape index (κ1) is 15.9. The van der Waals surface area contributed by atoms with Gasteiger partial charge in [-0.05, 0) is 37.8 Å². The van der Waals surface area contributed by atoms with E-state index < -0.39 is 21.4 Å². The highest BCUT2D eigenvalue weighted by Crippen LogP contribution is 2.29. The molecule has 2 unspecified atom stereocenters. The summed E-state index contributed by atoms with van der Waals surface area (Å²) in [7, 11) is -3.96. The van der Waals surface area contributed by atoms with E-state index in [9.17, 15) is 17.9 Å². The van der Waals surface area contributed by atoms with Gasteiger partial charge in [0.05, 0.1) is 0 Å². The molecule has 5 nitrogen and oxygen atoms in total. The topological polar surface area (TPSA) is 81.4 Å². The van der Waals surface area contributed by atoms with Gasteiger partial charge in [-0.15, -0.1) is 0 Å². The Labute approximate surface area is 123 Å². The molecule has 1 heterocycles. The molecule has 0 radical (unpaired) electrons. The number of halogens is 1. The minimum atomic E-state index is -3.96. The Hall–Kier alpha value is -1.49. The van der Waals surface area contributed by atoms with Crippen LogP contribution in [-0.2, 0) is 10.0 Å². The van der Waals surface area contributed by atoms with Crippen LogP contribution in [0.1, 0.15) is 25.3 Å². The highest BCUT2D eigenvalue weighted by atomic mass is 32.2. The number of sulfonamides is 1. The molecule has 0 aromatic heterocycles. The van der Waals surface area contributed by atoms with Crippen molar-refractivity contribution in [2.75, 3.05) is 13.2 Å². The highest BCUT2D eigenvalue weighted by molar-refractivity contribution is 7.89. The monoisotopic (exact) mass is 312 g/mol. The lowest BCUT2D eigenvalue weighted by molar-refractivity contribution is 0.139. The normalized spacial score (nSPS) is 23.7. The lowest BCUT2D eigenvalue weighted by atomic mass is 9.96. The van der Waals surface area contributed by atoms with E-state index in [2.05, 4.69) is 0 Å². The summed E-state index contributed by atoms with van der Waals surface area (Å²) in [6.07, 6.45) is 1.37. The molecule has 1 N–H and O–H groups in total. The molecule has 2 rings (SSSR count). The van der Waals surface area contributed by atoms with Crippen LogP contribution in [0.3, 0.4) is 0 Å². The second kappa shape index (κ2) is 6.10. The van der Waals surface area contributed by atoms with Crippen LogP contribution in [0.4, 0.5) is 4.39 Å². The predicted molar refractivity (Wildman–Crippen MR) is 74.3 cm³/mol. The highest BCUT2D eigenvalue weighted by Gasteiger charge is 2.36. The number of rotatable bonds is 3. The standard InChI is InChI=1S/C14H17FN2O3S/c1-10-5-6-11(9-18)8-17(10)21(19,20)14-4-2-3-13(15)12(14)7-16/h2-4,10-11,18H,5-6,8-9H2,1H3. The number of aliphatic hydroxyl groups excluding tert-OH is 1. The van der Waals surface area contributed by atoms with E-state index in [-0.39, 0.29) is 30.0 Å². The minimum absolute atomic E-state index is 0.0903. The fourth-order valence-electron chi connectivity index (χ4n) is 2.58. The van der Waals surface area contributed by atoms with E-state index in [1.54, 1.807) is 13.0 Å². The van der Waals surface area contributed by atoms with Crippen LogP contribution in [0.15, 0.2) is 23.1 Å². The van der Waals surface area contributed by atoms with Gasteiger partial charge in [0.15, 0.2) is 0 Å². The molecule has 1 aliphatic heterocycles. The quantitative estimate of drug-likeness (QED) is 0.916. The average molecular weight is 312 g/mol. The van der Waals surface area contributed by atoms with Crippen LogP contribution >= 0.6 is 0 Å². The van der Waals surface area contributed by atoms with Crippen molar-refractivity contribution in [1.82, 2.24) is 4.31 Å². The fraction of sp³-hybridized carbons (Fsp3) is 0.500. The molecule has 114 valence electrons. The van der Waals surface area contributed by atoms with Gasteiger partial charge in [0, 0.05) is 19.2 Å². The fourth-order valence-corrected chi connectivity index (χ4v) is 4.48. The number of hydrogen-bond acceptors (Lipinski definition) is 4. The van der Waals surface area contributed by atoms with E-state index >= 15 is 0 Å². The second-order valence-electron chi connectivity index (χ2n) is 5.27. The zero-order chi connectivity index (χ0) is 15.6. The predicted octanol–water partition coefficient (Wildman–Crippen LogP) is 1.48. The summed E-state index contributed by atoms with van der Waals surface area (Å²) in [6.45, 7) is 1.87. The van der Waals surface area contributed by atoms with Gasteiger partial charge in [0.2, 0.25) is 10.0 Å². The van der Waals surface area contributed by atoms with Crippen molar-refractivity contribution >= 4 is 10.0 Å². The summed E-state index contributed by atoms with van der Waals surface area (Å²) in [5, 5.41) is 18.3. The van der Waals surface area contributed by atoms with Gasteiger partial charge >= 0.3 is 0 Å². The Kier molecular flexibility index (Phi) is 4.61. The molecule has 0 aliphatic carbocycles. The van der Waals surface area contributed by atoms with E-state index in [0.717, 1.165) is 12.5 Å². The van der Waals surface area contributed by atoms with Crippen LogP contribution in [0.25, 0.3) is 0 Å². The maximum Gasteiger partial charge on any atom is 0.244 e. The molecule has 0 saturated carbocycles. The van der Waals surface area contributed by atoms with Gasteiger partial charge in [0.25, 0.3) is 0 Å². The molecule has 0 bridgehead atoms. The Morgan fingerprint density at radius 2 is 2.19 bits per heavy atom. The van der Waals surface area contributed by atoms with Crippen LogP contribution in [0.5, 0.6) is 0 Å². The van der Waals surface area contributed by atoms with Crippen molar-refractivity contribution in [3.63, 3.8) is 0 Å². The smallest absolute Gasteiger partial charge is 0.244 e. The van der Waals surface area contributed by atoms with Crippen molar-refractivity contribution in [3.05, 3.63) is 29.6 Å². The number of nitrogens with zero attached hydrogens (tertiary/aromatic N) is 2. The number of benzene rings is 1. The number of aliphatic hydroxyl groups is 1. The van der Waals surface area contributed by atoms with Crippen molar-refractivity contribution in [2.24, 2.45) is 5.92 Å². The first-order valence-electron chi connectivity index (χ1n) is 6.73. The summed E-state index contributed by atoms with van der Waals surface area (Å²) in [5.74, 6) is -0.975. The molecular formula is C14H17FN2O3S. The largest absolute Gasteiger partial charge is 0.396 e. The third kappa shape index (κ3) is 2.93. The van der Waals surface area contributed by atoms with Crippen molar-refractivity contribution in [3.8, 4) is 6.07 Å². The Morgan fingerprint density at radius 3 is 2.81 bits per heavy atom. The third-order valence-electron chi connectivity index (χ3n) is 3.85. The minimum Gasteiger partial charge on any atom is -0.396 e. The van der Waals surface area contributed by atoms with Gasteiger partial charge in [-0.2, -0.15) is 9.57 Å².